The van der Waals surface area contributed by atoms with E-state index in [1.807, 2.05) is 6.07 Å². The van der Waals surface area contributed by atoms with Crippen LogP contribution in [0, 0.1) is 0 Å². The number of ether oxygens (including phenoxy) is 2. The lowest BCUT2D eigenvalue weighted by Gasteiger charge is -2.19. The Balaban J connectivity index is 1.84. The fraction of sp³-hybridized carbons (Fsp3) is 0.583. The van der Waals surface area contributed by atoms with E-state index in [0.717, 1.165) is 23.1 Å². The van der Waals surface area contributed by atoms with Crippen LogP contribution in [0.2, 0.25) is 0 Å². The van der Waals surface area contributed by atoms with Crippen molar-refractivity contribution in [2.45, 2.75) is 38.4 Å². The molecule has 1 atom stereocenters. The molecule has 0 spiro atoms. The van der Waals surface area contributed by atoms with Gasteiger partial charge in [-0.25, -0.2) is 0 Å². The summed E-state index contributed by atoms with van der Waals surface area (Å²) in [6.07, 6.45) is 5.81. The van der Waals surface area contributed by atoms with E-state index in [9.17, 15) is 0 Å². The Hall–Kier alpha value is -0.610. The van der Waals surface area contributed by atoms with E-state index in [0.29, 0.717) is 6.61 Å². The van der Waals surface area contributed by atoms with Crippen LogP contribution >= 0.6 is 15.9 Å². The van der Waals surface area contributed by atoms with Gasteiger partial charge in [-0.15, -0.1) is 0 Å². The predicted molar refractivity (Wildman–Crippen MR) is 65.6 cm³/mol. The van der Waals surface area contributed by atoms with Crippen LogP contribution in [0.15, 0.2) is 22.9 Å². The minimum Gasteiger partial charge on any atom is -0.489 e. The molecule has 1 fully saturated rings. The molecular weight excluding hydrogens is 270 g/mol. The van der Waals surface area contributed by atoms with Crippen LogP contribution in [-0.4, -0.2) is 23.3 Å². The molecule has 0 radical (unpaired) electrons. The lowest BCUT2D eigenvalue weighted by Crippen LogP contribution is -2.23. The smallest absolute Gasteiger partial charge is 0.138 e. The fourth-order valence-corrected chi connectivity index (χ4v) is 2.20. The third-order valence-electron chi connectivity index (χ3n) is 2.67. The highest BCUT2D eigenvalue weighted by Gasteiger charge is 2.31. The zero-order valence-electron chi connectivity index (χ0n) is 9.57. The molecule has 1 aromatic rings. The average Bonchev–Trinajstić information content (AvgIpc) is 2.56. The Bertz CT molecular complexity index is 368. The van der Waals surface area contributed by atoms with Crippen molar-refractivity contribution in [2.24, 2.45) is 0 Å². The van der Waals surface area contributed by atoms with Gasteiger partial charge in [-0.2, -0.15) is 0 Å². The molecule has 4 heteroatoms. The van der Waals surface area contributed by atoms with Gasteiger partial charge in [-0.3, -0.25) is 4.98 Å². The number of hydrogen-bond acceptors (Lipinski definition) is 3. The Morgan fingerprint density at radius 1 is 1.56 bits per heavy atom. The van der Waals surface area contributed by atoms with Gasteiger partial charge < -0.3 is 9.47 Å². The van der Waals surface area contributed by atoms with Gasteiger partial charge >= 0.3 is 0 Å². The van der Waals surface area contributed by atoms with Crippen molar-refractivity contribution in [1.82, 2.24) is 4.98 Å². The summed E-state index contributed by atoms with van der Waals surface area (Å²) in [6, 6.07) is 1.91. The summed E-state index contributed by atoms with van der Waals surface area (Å²) < 4.78 is 12.4. The summed E-state index contributed by atoms with van der Waals surface area (Å²) in [5.41, 5.74) is 0.00352. The molecule has 1 unspecified atom stereocenters. The monoisotopic (exact) mass is 285 g/mol. The molecule has 0 aromatic carbocycles. The first-order chi connectivity index (χ1) is 7.55. The molecule has 0 bridgehead atoms. The molecule has 2 rings (SSSR count). The van der Waals surface area contributed by atoms with Gasteiger partial charge in [0, 0.05) is 10.7 Å². The van der Waals surface area contributed by atoms with Crippen LogP contribution in [0.1, 0.15) is 26.7 Å². The second-order valence-corrected chi connectivity index (χ2v) is 5.60. The van der Waals surface area contributed by atoms with Crippen molar-refractivity contribution in [2.75, 3.05) is 6.61 Å². The molecular formula is C12H16BrNO2. The van der Waals surface area contributed by atoms with E-state index in [4.69, 9.17) is 9.47 Å². The molecule has 2 heterocycles. The first-order valence-corrected chi connectivity index (χ1v) is 6.26. The van der Waals surface area contributed by atoms with Crippen LogP contribution in [0.3, 0.4) is 0 Å². The third kappa shape index (κ3) is 3.19. The van der Waals surface area contributed by atoms with E-state index >= 15 is 0 Å². The van der Waals surface area contributed by atoms with E-state index in [1.54, 1.807) is 12.4 Å². The average molecular weight is 286 g/mol. The number of aromatic nitrogens is 1. The summed E-state index contributed by atoms with van der Waals surface area (Å²) in [5, 5.41) is 0. The summed E-state index contributed by atoms with van der Waals surface area (Å²) >= 11 is 3.36. The van der Waals surface area contributed by atoms with Gasteiger partial charge in [0.1, 0.15) is 12.4 Å². The van der Waals surface area contributed by atoms with Gasteiger partial charge in [0.25, 0.3) is 0 Å². The van der Waals surface area contributed by atoms with Gasteiger partial charge in [-0.05, 0) is 48.7 Å². The van der Waals surface area contributed by atoms with E-state index in [1.165, 1.54) is 0 Å². The van der Waals surface area contributed by atoms with Gasteiger partial charge in [-0.1, -0.05) is 0 Å². The lowest BCUT2D eigenvalue weighted by molar-refractivity contribution is -0.0327. The molecule has 88 valence electrons. The third-order valence-corrected chi connectivity index (χ3v) is 3.10. The second kappa shape index (κ2) is 4.72. The predicted octanol–water partition coefficient (Wildman–Crippen LogP) is 3.18. The lowest BCUT2D eigenvalue weighted by atomic mass is 10.1. The Morgan fingerprint density at radius 3 is 3.00 bits per heavy atom. The van der Waals surface area contributed by atoms with Crippen molar-refractivity contribution in [3.63, 3.8) is 0 Å². The Labute approximate surface area is 104 Å². The molecule has 3 nitrogen and oxygen atoms in total. The molecule has 0 saturated carbocycles. The standard InChI is InChI=1S/C12H16BrNO2/c1-12(2)4-3-10(16-12)8-15-11-5-9(13)6-14-7-11/h5-7,10H,3-4,8H2,1-2H3. The normalized spacial score (nSPS) is 23.3. The van der Waals surface area contributed by atoms with Crippen LogP contribution in [0.4, 0.5) is 0 Å². The number of hydrogen-bond donors (Lipinski definition) is 0. The highest BCUT2D eigenvalue weighted by atomic mass is 79.9. The molecule has 0 aliphatic carbocycles. The number of pyridine rings is 1. The fourth-order valence-electron chi connectivity index (χ4n) is 1.86. The van der Waals surface area contributed by atoms with Crippen molar-refractivity contribution < 1.29 is 9.47 Å². The number of nitrogens with zero attached hydrogens (tertiary/aromatic N) is 1. The molecule has 0 amide bonds. The van der Waals surface area contributed by atoms with Gasteiger partial charge in [0.2, 0.25) is 0 Å². The minimum absolute atomic E-state index is 0.00352. The largest absolute Gasteiger partial charge is 0.489 e. The van der Waals surface area contributed by atoms with Crippen LogP contribution in [0.5, 0.6) is 5.75 Å². The second-order valence-electron chi connectivity index (χ2n) is 4.69. The van der Waals surface area contributed by atoms with Crippen molar-refractivity contribution in [3.05, 3.63) is 22.9 Å². The molecule has 1 aliphatic heterocycles. The van der Waals surface area contributed by atoms with E-state index < -0.39 is 0 Å². The van der Waals surface area contributed by atoms with Gasteiger partial charge in [0.05, 0.1) is 17.9 Å². The maximum Gasteiger partial charge on any atom is 0.138 e. The SMILES string of the molecule is CC1(C)CCC(COc2cncc(Br)c2)O1. The van der Waals surface area contributed by atoms with Gasteiger partial charge in [0.15, 0.2) is 0 Å². The molecule has 0 N–H and O–H groups in total. The summed E-state index contributed by atoms with van der Waals surface area (Å²) in [5.74, 6) is 0.780. The molecule has 1 saturated heterocycles. The maximum atomic E-state index is 5.84. The number of halogens is 1. The summed E-state index contributed by atoms with van der Waals surface area (Å²) in [6.45, 7) is 4.84. The highest BCUT2D eigenvalue weighted by molar-refractivity contribution is 9.10. The van der Waals surface area contributed by atoms with E-state index in [2.05, 4.69) is 34.8 Å². The zero-order valence-corrected chi connectivity index (χ0v) is 11.2. The minimum atomic E-state index is 0.00352. The molecule has 16 heavy (non-hydrogen) atoms. The molecule has 1 aromatic heterocycles. The first-order valence-electron chi connectivity index (χ1n) is 5.46. The van der Waals surface area contributed by atoms with Crippen molar-refractivity contribution in [3.8, 4) is 5.75 Å². The Morgan fingerprint density at radius 2 is 2.38 bits per heavy atom. The van der Waals surface area contributed by atoms with Crippen molar-refractivity contribution >= 4 is 15.9 Å². The van der Waals surface area contributed by atoms with E-state index in [-0.39, 0.29) is 11.7 Å². The van der Waals surface area contributed by atoms with Crippen LogP contribution in [0.25, 0.3) is 0 Å². The topological polar surface area (TPSA) is 31.4 Å². The van der Waals surface area contributed by atoms with Crippen LogP contribution < -0.4 is 4.74 Å². The van der Waals surface area contributed by atoms with Crippen LogP contribution in [-0.2, 0) is 4.74 Å². The summed E-state index contributed by atoms with van der Waals surface area (Å²) in [4.78, 5) is 4.05. The Kier molecular flexibility index (Phi) is 3.50. The molecule has 1 aliphatic rings. The van der Waals surface area contributed by atoms with Crippen molar-refractivity contribution in [1.29, 1.82) is 0 Å². The summed E-state index contributed by atoms with van der Waals surface area (Å²) in [7, 11) is 0. The zero-order chi connectivity index (χ0) is 11.6. The number of rotatable bonds is 3. The quantitative estimate of drug-likeness (QED) is 0.855. The highest BCUT2D eigenvalue weighted by Crippen LogP contribution is 2.29. The maximum absolute atomic E-state index is 5.84. The first kappa shape index (κ1) is 11.9.